The number of nitrogens with zero attached hydrogens (tertiary/aromatic N) is 2. The van der Waals surface area contributed by atoms with Crippen molar-refractivity contribution in [1.82, 2.24) is 10.2 Å². The molecule has 12 heteroatoms. The van der Waals surface area contributed by atoms with Crippen molar-refractivity contribution in [2.45, 2.75) is 22.7 Å². The lowest BCUT2D eigenvalue weighted by Gasteiger charge is -2.16. The molecule has 0 fully saturated rings. The maximum absolute atomic E-state index is 13.0. The molecule has 2 N–H and O–H groups in total. The van der Waals surface area contributed by atoms with Crippen LogP contribution in [0.4, 0.5) is 28.8 Å². The summed E-state index contributed by atoms with van der Waals surface area (Å²) in [6.45, 7) is 1.85. The Hall–Kier alpha value is -3.12. The van der Waals surface area contributed by atoms with E-state index in [9.17, 15) is 22.8 Å². The predicted octanol–water partition coefficient (Wildman–Crippen LogP) is 5.60. The number of carbonyl (C=O) groups excluding carboxylic acids is 2. The monoisotopic (exact) mass is 482 g/mol. The maximum atomic E-state index is 13.0. The van der Waals surface area contributed by atoms with Gasteiger partial charge in [0.25, 0.3) is 0 Å². The molecule has 1 atom stereocenters. The summed E-state index contributed by atoms with van der Waals surface area (Å²) in [4.78, 5) is 24.5. The minimum Gasteiger partial charge on any atom is -0.450 e. The Morgan fingerprint density at radius 3 is 2.53 bits per heavy atom. The van der Waals surface area contributed by atoms with E-state index in [1.807, 2.05) is 0 Å². The van der Waals surface area contributed by atoms with Gasteiger partial charge in [0.2, 0.25) is 11.0 Å². The van der Waals surface area contributed by atoms with Gasteiger partial charge in [0.05, 0.1) is 12.2 Å². The standard InChI is InChI=1S/C20H17F3N4O3S2/c1-2-30-18(29)25-17-26-27-19(32-17)31-15(12-7-4-3-5-8-12)16(28)24-14-10-6-9-13(11-14)20(21,22)23/h3-11,15H,2H2,1H3,(H,24,28)(H,25,26,29). The van der Waals surface area contributed by atoms with Gasteiger partial charge < -0.3 is 10.1 Å². The smallest absolute Gasteiger partial charge is 0.416 e. The van der Waals surface area contributed by atoms with E-state index < -0.39 is 29.0 Å². The summed E-state index contributed by atoms with van der Waals surface area (Å²) in [5.41, 5.74) is -0.219. The van der Waals surface area contributed by atoms with E-state index in [1.54, 1.807) is 37.3 Å². The van der Waals surface area contributed by atoms with E-state index >= 15 is 0 Å². The highest BCUT2D eigenvalue weighted by molar-refractivity contribution is 8.02. The third-order valence-electron chi connectivity index (χ3n) is 3.91. The fraction of sp³-hybridized carbons (Fsp3) is 0.200. The molecule has 168 valence electrons. The van der Waals surface area contributed by atoms with Crippen molar-refractivity contribution >= 4 is 45.9 Å². The molecule has 3 rings (SSSR count). The lowest BCUT2D eigenvalue weighted by atomic mass is 10.1. The third-order valence-corrected chi connectivity index (χ3v) is 6.08. The van der Waals surface area contributed by atoms with Gasteiger partial charge in [-0.25, -0.2) is 4.79 Å². The van der Waals surface area contributed by atoms with Crippen molar-refractivity contribution in [2.24, 2.45) is 0 Å². The molecule has 0 bridgehead atoms. The van der Waals surface area contributed by atoms with Gasteiger partial charge in [-0.1, -0.05) is 59.5 Å². The van der Waals surface area contributed by atoms with Crippen LogP contribution in [0.5, 0.6) is 0 Å². The molecule has 1 heterocycles. The maximum Gasteiger partial charge on any atom is 0.416 e. The van der Waals surface area contributed by atoms with Crippen molar-refractivity contribution < 1.29 is 27.5 Å². The summed E-state index contributed by atoms with van der Waals surface area (Å²) in [6.07, 6.45) is -5.20. The molecule has 0 aliphatic rings. The highest BCUT2D eigenvalue weighted by atomic mass is 32.2. The summed E-state index contributed by atoms with van der Waals surface area (Å²) >= 11 is 2.10. The fourth-order valence-electron chi connectivity index (χ4n) is 2.55. The minimum absolute atomic E-state index is 0.0216. The highest BCUT2D eigenvalue weighted by Gasteiger charge is 2.31. The van der Waals surface area contributed by atoms with Gasteiger partial charge in [-0.05, 0) is 30.7 Å². The Morgan fingerprint density at radius 2 is 1.84 bits per heavy atom. The van der Waals surface area contributed by atoms with Crippen molar-refractivity contribution in [3.63, 3.8) is 0 Å². The van der Waals surface area contributed by atoms with Gasteiger partial charge in [-0.15, -0.1) is 10.2 Å². The molecule has 0 aliphatic heterocycles. The summed E-state index contributed by atoms with van der Waals surface area (Å²) in [5, 5.41) is 12.1. The SMILES string of the molecule is CCOC(=O)Nc1nnc(SC(C(=O)Nc2cccc(C(F)(F)F)c2)c2ccccc2)s1. The second-order valence-electron chi connectivity index (χ2n) is 6.19. The topological polar surface area (TPSA) is 93.2 Å². The molecule has 0 radical (unpaired) electrons. The first-order valence-electron chi connectivity index (χ1n) is 9.23. The van der Waals surface area contributed by atoms with Crippen molar-refractivity contribution in [3.8, 4) is 0 Å². The summed E-state index contributed by atoms with van der Waals surface area (Å²) in [7, 11) is 0. The summed E-state index contributed by atoms with van der Waals surface area (Å²) < 4.78 is 44.1. The predicted molar refractivity (Wildman–Crippen MR) is 116 cm³/mol. The van der Waals surface area contributed by atoms with Gasteiger partial charge in [-0.3, -0.25) is 10.1 Å². The summed E-state index contributed by atoms with van der Waals surface area (Å²) in [6, 6.07) is 13.1. The zero-order valence-electron chi connectivity index (χ0n) is 16.6. The van der Waals surface area contributed by atoms with E-state index in [0.29, 0.717) is 9.90 Å². The van der Waals surface area contributed by atoms with Crippen LogP contribution in [-0.4, -0.2) is 28.8 Å². The minimum atomic E-state index is -4.52. The lowest BCUT2D eigenvalue weighted by molar-refractivity contribution is -0.137. The Morgan fingerprint density at radius 1 is 1.09 bits per heavy atom. The number of thioether (sulfide) groups is 1. The average Bonchev–Trinajstić information content (AvgIpc) is 3.19. The molecule has 32 heavy (non-hydrogen) atoms. The first-order chi connectivity index (χ1) is 15.3. The molecule has 2 amide bonds. The lowest BCUT2D eigenvalue weighted by Crippen LogP contribution is -2.19. The molecule has 0 saturated carbocycles. The molecule has 2 aromatic carbocycles. The van der Waals surface area contributed by atoms with E-state index in [0.717, 1.165) is 35.2 Å². The van der Waals surface area contributed by atoms with Crippen LogP contribution in [0.25, 0.3) is 0 Å². The number of benzene rings is 2. The molecule has 0 saturated heterocycles. The molecular formula is C20H17F3N4O3S2. The van der Waals surface area contributed by atoms with Crippen LogP contribution in [0.1, 0.15) is 23.3 Å². The quantitative estimate of drug-likeness (QED) is 0.337. The fourth-order valence-corrected chi connectivity index (χ4v) is 4.47. The number of ether oxygens (including phenoxy) is 1. The molecular weight excluding hydrogens is 465 g/mol. The second kappa shape index (κ2) is 10.5. The molecule has 1 unspecified atom stereocenters. The van der Waals surface area contributed by atoms with Crippen LogP contribution < -0.4 is 10.6 Å². The van der Waals surface area contributed by atoms with Crippen LogP contribution in [0.3, 0.4) is 0 Å². The first kappa shape index (κ1) is 23.5. The van der Waals surface area contributed by atoms with Gasteiger partial charge in [0.1, 0.15) is 5.25 Å². The summed E-state index contributed by atoms with van der Waals surface area (Å²) in [5.74, 6) is -0.532. The second-order valence-corrected chi connectivity index (χ2v) is 8.52. The van der Waals surface area contributed by atoms with E-state index in [1.165, 1.54) is 12.1 Å². The molecule has 3 aromatic rings. The zero-order chi connectivity index (χ0) is 23.1. The normalized spacial score (nSPS) is 12.1. The number of halogens is 3. The van der Waals surface area contributed by atoms with Crippen molar-refractivity contribution in [1.29, 1.82) is 0 Å². The number of rotatable bonds is 7. The van der Waals surface area contributed by atoms with Crippen molar-refractivity contribution in [3.05, 3.63) is 65.7 Å². The zero-order valence-corrected chi connectivity index (χ0v) is 18.2. The van der Waals surface area contributed by atoms with Gasteiger partial charge in [0.15, 0.2) is 4.34 Å². The molecule has 0 aliphatic carbocycles. The van der Waals surface area contributed by atoms with Crippen LogP contribution >= 0.6 is 23.1 Å². The Labute approximate surface area is 189 Å². The number of aromatic nitrogens is 2. The number of carbonyl (C=O) groups is 2. The average molecular weight is 483 g/mol. The number of hydrogen-bond acceptors (Lipinski definition) is 7. The van der Waals surface area contributed by atoms with E-state index in [-0.39, 0.29) is 17.4 Å². The van der Waals surface area contributed by atoms with Gasteiger partial charge in [-0.2, -0.15) is 13.2 Å². The largest absolute Gasteiger partial charge is 0.450 e. The third kappa shape index (κ3) is 6.44. The van der Waals surface area contributed by atoms with Crippen LogP contribution in [-0.2, 0) is 15.7 Å². The highest BCUT2D eigenvalue weighted by Crippen LogP contribution is 2.39. The van der Waals surface area contributed by atoms with Crippen molar-refractivity contribution in [2.75, 3.05) is 17.2 Å². The number of amides is 2. The number of hydrogen-bond donors (Lipinski definition) is 2. The Kier molecular flexibility index (Phi) is 7.70. The van der Waals surface area contributed by atoms with Crippen LogP contribution in [0, 0.1) is 0 Å². The van der Waals surface area contributed by atoms with Crippen LogP contribution in [0.2, 0.25) is 0 Å². The van der Waals surface area contributed by atoms with E-state index in [4.69, 9.17) is 4.74 Å². The molecule has 7 nitrogen and oxygen atoms in total. The van der Waals surface area contributed by atoms with E-state index in [2.05, 4.69) is 20.8 Å². The Balaban J connectivity index is 1.79. The first-order valence-corrected chi connectivity index (χ1v) is 10.9. The number of nitrogens with one attached hydrogen (secondary N) is 2. The molecule has 1 aromatic heterocycles. The van der Waals surface area contributed by atoms with Crippen LogP contribution in [0.15, 0.2) is 58.9 Å². The number of anilines is 2. The van der Waals surface area contributed by atoms with Gasteiger partial charge in [0, 0.05) is 5.69 Å². The Bertz CT molecular complexity index is 1080. The molecule has 0 spiro atoms. The number of alkyl halides is 3. The van der Waals surface area contributed by atoms with Gasteiger partial charge >= 0.3 is 12.3 Å².